The van der Waals surface area contributed by atoms with Crippen molar-refractivity contribution in [1.82, 2.24) is 29.3 Å². The molecule has 1 aromatic carbocycles. The number of hydrogen-bond acceptors (Lipinski definition) is 5. The fourth-order valence-electron chi connectivity index (χ4n) is 4.76. The van der Waals surface area contributed by atoms with Crippen LogP contribution < -0.4 is 16.3 Å². The number of carbonyl (C=O) groups is 2. The molecule has 0 spiro atoms. The Balaban J connectivity index is 1.56. The van der Waals surface area contributed by atoms with Gasteiger partial charge in [-0.1, -0.05) is 12.1 Å². The van der Waals surface area contributed by atoms with E-state index < -0.39 is 6.09 Å². The molecule has 5 rings (SSSR count). The van der Waals surface area contributed by atoms with E-state index in [1.807, 2.05) is 43.3 Å². The van der Waals surface area contributed by atoms with Crippen molar-refractivity contribution in [2.24, 2.45) is 7.05 Å². The Kier molecular flexibility index (Phi) is 6.05. The Bertz CT molecular complexity index is 1520. The number of benzene rings is 1. The van der Waals surface area contributed by atoms with Crippen LogP contribution in [0, 0.1) is 0 Å². The van der Waals surface area contributed by atoms with E-state index in [1.54, 1.807) is 22.4 Å². The summed E-state index contributed by atoms with van der Waals surface area (Å²) < 4.78 is 3.33. The van der Waals surface area contributed by atoms with Crippen LogP contribution in [-0.4, -0.2) is 60.9 Å². The van der Waals surface area contributed by atoms with Gasteiger partial charge in [-0.3, -0.25) is 14.1 Å². The Morgan fingerprint density at radius 3 is 2.50 bits per heavy atom. The van der Waals surface area contributed by atoms with Gasteiger partial charge in [-0.25, -0.2) is 19.4 Å². The minimum Gasteiger partial charge on any atom is -0.465 e. The van der Waals surface area contributed by atoms with E-state index in [0.717, 1.165) is 5.56 Å². The molecule has 0 atom stereocenters. The average molecular weight is 490 g/mol. The molecule has 1 aliphatic rings. The third-order valence-electron chi connectivity index (χ3n) is 6.64. The van der Waals surface area contributed by atoms with Crippen molar-refractivity contribution in [3.05, 3.63) is 53.1 Å². The van der Waals surface area contributed by atoms with Gasteiger partial charge in [-0.05, 0) is 44.0 Å². The lowest BCUT2D eigenvalue weighted by molar-refractivity contribution is 0.125. The van der Waals surface area contributed by atoms with Crippen molar-refractivity contribution >= 4 is 39.9 Å². The quantitative estimate of drug-likeness (QED) is 0.402. The monoisotopic (exact) mass is 489 g/mol. The summed E-state index contributed by atoms with van der Waals surface area (Å²) in [6.45, 7) is 3.14. The second kappa shape index (κ2) is 9.33. The summed E-state index contributed by atoms with van der Waals surface area (Å²) in [5.74, 6) is 0. The van der Waals surface area contributed by atoms with Gasteiger partial charge in [-0.15, -0.1) is 0 Å². The Morgan fingerprint density at radius 2 is 1.83 bits per heavy atom. The zero-order valence-electron chi connectivity index (χ0n) is 20.1. The van der Waals surface area contributed by atoms with Gasteiger partial charge in [0.25, 0.3) is 0 Å². The number of urea groups is 1. The normalized spacial score (nSPS) is 14.3. The lowest BCUT2D eigenvalue weighted by Gasteiger charge is -2.30. The summed E-state index contributed by atoms with van der Waals surface area (Å²) in [5, 5.41) is 14.8. The van der Waals surface area contributed by atoms with Crippen LogP contribution in [0.25, 0.3) is 33.3 Å². The van der Waals surface area contributed by atoms with E-state index in [1.165, 1.54) is 4.90 Å². The number of piperidine rings is 1. The van der Waals surface area contributed by atoms with Gasteiger partial charge in [0.2, 0.25) is 0 Å². The van der Waals surface area contributed by atoms with Gasteiger partial charge < -0.3 is 20.6 Å². The molecule has 11 nitrogen and oxygen atoms in total. The maximum atomic E-state index is 13.3. The highest BCUT2D eigenvalue weighted by Crippen LogP contribution is 2.30. The summed E-state index contributed by atoms with van der Waals surface area (Å²) >= 11 is 0. The second-order valence-electron chi connectivity index (χ2n) is 8.83. The number of aromatic nitrogens is 4. The number of likely N-dealkylation sites (tertiary alicyclic amines) is 1. The van der Waals surface area contributed by atoms with E-state index in [9.17, 15) is 19.5 Å². The van der Waals surface area contributed by atoms with Crippen molar-refractivity contribution in [3.63, 3.8) is 0 Å². The number of aryl methyl sites for hydroxylation is 1. The first-order chi connectivity index (χ1) is 17.4. The second-order valence-corrected chi connectivity index (χ2v) is 8.83. The number of imidazole rings is 1. The number of nitrogens with zero attached hydrogens (tertiary/aromatic N) is 5. The number of nitrogens with one attached hydrogen (secondary N) is 2. The number of rotatable bonds is 4. The number of amides is 3. The molecule has 3 aromatic heterocycles. The molecule has 1 aliphatic heterocycles. The molecule has 36 heavy (non-hydrogen) atoms. The van der Waals surface area contributed by atoms with Crippen LogP contribution in [0.1, 0.15) is 25.8 Å². The SMILES string of the molecule is CCNC(=O)Nc1ccc(-c2ccc3ncc4c(c3n2)n(C2CCN(C(=O)O)CC2)c(=O)n4C)cc1. The van der Waals surface area contributed by atoms with Crippen molar-refractivity contribution in [1.29, 1.82) is 0 Å². The minimum atomic E-state index is -0.938. The van der Waals surface area contributed by atoms with E-state index in [4.69, 9.17) is 4.98 Å². The summed E-state index contributed by atoms with van der Waals surface area (Å²) in [6, 6.07) is 10.7. The van der Waals surface area contributed by atoms with Crippen LogP contribution in [0.4, 0.5) is 15.3 Å². The highest BCUT2D eigenvalue weighted by atomic mass is 16.4. The molecule has 4 heterocycles. The molecule has 3 amide bonds. The Morgan fingerprint density at radius 1 is 1.11 bits per heavy atom. The molecule has 186 valence electrons. The molecule has 0 bridgehead atoms. The van der Waals surface area contributed by atoms with Crippen LogP contribution in [0.2, 0.25) is 0 Å². The van der Waals surface area contributed by atoms with E-state index in [-0.39, 0.29) is 17.8 Å². The van der Waals surface area contributed by atoms with Crippen molar-refractivity contribution in [2.75, 3.05) is 25.0 Å². The van der Waals surface area contributed by atoms with Crippen LogP contribution >= 0.6 is 0 Å². The zero-order valence-corrected chi connectivity index (χ0v) is 20.1. The summed E-state index contributed by atoms with van der Waals surface area (Å²) in [5.41, 5.74) is 4.74. The highest BCUT2D eigenvalue weighted by molar-refractivity contribution is 6.00. The fraction of sp³-hybridized carbons (Fsp3) is 0.320. The molecular formula is C25H27N7O4. The molecule has 11 heteroatoms. The first kappa shape index (κ1) is 23.3. The van der Waals surface area contributed by atoms with Gasteiger partial charge in [0.1, 0.15) is 5.52 Å². The predicted octanol–water partition coefficient (Wildman–Crippen LogP) is 3.41. The lowest BCUT2D eigenvalue weighted by Crippen LogP contribution is -2.40. The summed E-state index contributed by atoms with van der Waals surface area (Å²) in [4.78, 5) is 47.2. The number of fused-ring (bicyclic) bond motifs is 3. The third-order valence-corrected chi connectivity index (χ3v) is 6.64. The average Bonchev–Trinajstić information content (AvgIpc) is 3.14. The molecule has 3 N–H and O–H groups in total. The van der Waals surface area contributed by atoms with Crippen molar-refractivity contribution in [2.45, 2.75) is 25.8 Å². The van der Waals surface area contributed by atoms with Gasteiger partial charge in [0.05, 0.1) is 28.4 Å². The maximum Gasteiger partial charge on any atom is 0.407 e. The molecule has 1 saturated heterocycles. The molecule has 0 aliphatic carbocycles. The van der Waals surface area contributed by atoms with Crippen LogP contribution in [0.5, 0.6) is 0 Å². The third kappa shape index (κ3) is 4.12. The molecule has 0 radical (unpaired) electrons. The lowest BCUT2D eigenvalue weighted by atomic mass is 10.0. The maximum absolute atomic E-state index is 13.3. The van der Waals surface area contributed by atoms with Crippen LogP contribution in [0.3, 0.4) is 0 Å². The number of hydrogen-bond donors (Lipinski definition) is 3. The van der Waals surface area contributed by atoms with Crippen LogP contribution in [0.15, 0.2) is 47.4 Å². The van der Waals surface area contributed by atoms with Gasteiger partial charge in [0.15, 0.2) is 0 Å². The zero-order chi connectivity index (χ0) is 25.4. The Labute approximate surface area is 206 Å². The van der Waals surface area contributed by atoms with Gasteiger partial charge in [-0.2, -0.15) is 0 Å². The molecule has 4 aromatic rings. The van der Waals surface area contributed by atoms with Gasteiger partial charge >= 0.3 is 17.8 Å². The van der Waals surface area contributed by atoms with Crippen molar-refractivity contribution in [3.8, 4) is 11.3 Å². The smallest absolute Gasteiger partial charge is 0.407 e. The minimum absolute atomic E-state index is 0.132. The topological polar surface area (TPSA) is 134 Å². The Hall–Kier alpha value is -4.41. The number of carboxylic acid groups (broad SMARTS) is 1. The number of carbonyl (C=O) groups excluding carboxylic acids is 1. The van der Waals surface area contributed by atoms with E-state index in [0.29, 0.717) is 65.9 Å². The van der Waals surface area contributed by atoms with Gasteiger partial charge in [0, 0.05) is 44.0 Å². The number of anilines is 1. The van der Waals surface area contributed by atoms with Crippen LogP contribution in [-0.2, 0) is 7.05 Å². The summed E-state index contributed by atoms with van der Waals surface area (Å²) in [7, 11) is 1.71. The fourth-order valence-corrected chi connectivity index (χ4v) is 4.76. The molecule has 0 saturated carbocycles. The molecule has 0 unspecified atom stereocenters. The standard InChI is InChI=1S/C25H27N7O4/c1-3-26-23(33)28-16-6-4-15(5-7-16)18-8-9-19-21(29-18)22-20(14-27-19)30(2)24(34)32(22)17-10-12-31(13-11-17)25(35)36/h4-9,14,17H,3,10-13H2,1-2H3,(H,35,36)(H2,26,28,33). The first-order valence-corrected chi connectivity index (χ1v) is 11.9. The largest absolute Gasteiger partial charge is 0.465 e. The predicted molar refractivity (Wildman–Crippen MR) is 136 cm³/mol. The number of pyridine rings is 2. The first-order valence-electron chi connectivity index (χ1n) is 11.9. The molecule has 1 fully saturated rings. The van der Waals surface area contributed by atoms with Crippen molar-refractivity contribution < 1.29 is 14.7 Å². The van der Waals surface area contributed by atoms with E-state index >= 15 is 0 Å². The summed E-state index contributed by atoms with van der Waals surface area (Å²) in [6.07, 6.45) is 1.85. The molecular weight excluding hydrogens is 462 g/mol. The van der Waals surface area contributed by atoms with E-state index in [2.05, 4.69) is 15.6 Å². The highest BCUT2D eigenvalue weighted by Gasteiger charge is 2.28.